The zero-order valence-electron chi connectivity index (χ0n) is 15.8. The second-order valence-corrected chi connectivity index (χ2v) is 7.38. The third kappa shape index (κ3) is 4.57. The molecule has 1 aliphatic heterocycles. The Morgan fingerprint density at radius 1 is 0.714 bits per heavy atom. The van der Waals surface area contributed by atoms with Gasteiger partial charge >= 0.3 is 0 Å². The highest BCUT2D eigenvalue weighted by molar-refractivity contribution is 6.30. The van der Waals surface area contributed by atoms with Crippen molar-refractivity contribution in [2.24, 2.45) is 0 Å². The number of rotatable bonds is 3. The van der Waals surface area contributed by atoms with E-state index in [1.54, 1.807) is 0 Å². The molecule has 1 heterocycles. The summed E-state index contributed by atoms with van der Waals surface area (Å²) < 4.78 is 0. The van der Waals surface area contributed by atoms with Crippen LogP contribution in [0, 0.1) is 11.8 Å². The van der Waals surface area contributed by atoms with Gasteiger partial charge in [-0.05, 0) is 42.0 Å². The average molecular weight is 387 g/mol. The fraction of sp³-hybridized carbons (Fsp3) is 0.200. The predicted molar refractivity (Wildman–Crippen MR) is 118 cm³/mol. The lowest BCUT2D eigenvalue weighted by atomic mass is 10.0. The summed E-state index contributed by atoms with van der Waals surface area (Å²) in [5.41, 5.74) is 3.53. The summed E-state index contributed by atoms with van der Waals surface area (Å²) in [6, 6.07) is 29.0. The Morgan fingerprint density at radius 2 is 1.32 bits per heavy atom. The van der Waals surface area contributed by atoms with E-state index < -0.39 is 0 Å². The molecule has 140 valence electrons. The van der Waals surface area contributed by atoms with Crippen LogP contribution in [-0.4, -0.2) is 31.1 Å². The third-order valence-electron chi connectivity index (χ3n) is 5.11. The van der Waals surface area contributed by atoms with Gasteiger partial charge < -0.3 is 4.90 Å². The molecule has 0 aliphatic carbocycles. The summed E-state index contributed by atoms with van der Waals surface area (Å²) in [5.74, 6) is 6.87. The molecule has 0 bridgehead atoms. The van der Waals surface area contributed by atoms with E-state index in [1.807, 2.05) is 30.3 Å². The second-order valence-electron chi connectivity index (χ2n) is 6.95. The van der Waals surface area contributed by atoms with Crippen molar-refractivity contribution in [1.82, 2.24) is 4.90 Å². The summed E-state index contributed by atoms with van der Waals surface area (Å²) in [7, 11) is 0. The Bertz CT molecular complexity index is 935. The highest BCUT2D eigenvalue weighted by atomic mass is 35.5. The van der Waals surface area contributed by atoms with Gasteiger partial charge in [0, 0.05) is 42.5 Å². The van der Waals surface area contributed by atoms with Crippen LogP contribution in [0.1, 0.15) is 17.2 Å². The summed E-state index contributed by atoms with van der Waals surface area (Å²) in [4.78, 5) is 4.92. The molecule has 0 aromatic heterocycles. The molecule has 28 heavy (non-hydrogen) atoms. The maximum absolute atomic E-state index is 6.11. The smallest absolute Gasteiger partial charge is 0.0975 e. The lowest BCUT2D eigenvalue weighted by molar-refractivity contribution is 0.223. The van der Waals surface area contributed by atoms with Crippen molar-refractivity contribution in [2.45, 2.75) is 6.04 Å². The second kappa shape index (κ2) is 8.97. The number of anilines is 1. The van der Waals surface area contributed by atoms with Gasteiger partial charge in [0.15, 0.2) is 0 Å². The molecule has 0 spiro atoms. The van der Waals surface area contributed by atoms with Crippen LogP contribution in [0.2, 0.25) is 5.02 Å². The first-order valence-electron chi connectivity index (χ1n) is 9.66. The molecule has 1 unspecified atom stereocenters. The molecule has 4 rings (SSSR count). The Hall–Kier alpha value is -2.73. The number of nitrogens with zero attached hydrogens (tertiary/aromatic N) is 2. The zero-order chi connectivity index (χ0) is 19.2. The van der Waals surface area contributed by atoms with Crippen molar-refractivity contribution in [3.05, 3.63) is 101 Å². The van der Waals surface area contributed by atoms with Crippen LogP contribution in [0.25, 0.3) is 0 Å². The minimum atomic E-state index is 0.0652. The first kappa shape index (κ1) is 18.6. The first-order valence-corrected chi connectivity index (χ1v) is 10.0. The standard InChI is InChI=1S/C25H23ClN2/c26-23-14-12-22(13-15-23)25(16-11-21-7-3-1-4-8-21)28-19-17-27(18-20-28)24-9-5-2-6-10-24/h1-10,12-15,25H,17-20H2. The Balaban J connectivity index is 1.54. The molecule has 2 nitrogen and oxygen atoms in total. The molecule has 0 saturated carbocycles. The van der Waals surface area contributed by atoms with Crippen LogP contribution in [0.5, 0.6) is 0 Å². The van der Waals surface area contributed by atoms with E-state index in [9.17, 15) is 0 Å². The number of hydrogen-bond acceptors (Lipinski definition) is 2. The minimum absolute atomic E-state index is 0.0652. The maximum atomic E-state index is 6.11. The van der Waals surface area contributed by atoms with E-state index in [-0.39, 0.29) is 6.04 Å². The number of benzene rings is 3. The van der Waals surface area contributed by atoms with E-state index in [4.69, 9.17) is 11.6 Å². The molecule has 1 atom stereocenters. The predicted octanol–water partition coefficient (Wildman–Crippen LogP) is 5.26. The van der Waals surface area contributed by atoms with Gasteiger partial charge in [0.2, 0.25) is 0 Å². The Labute approximate surface area is 172 Å². The fourth-order valence-electron chi connectivity index (χ4n) is 3.58. The average Bonchev–Trinajstić information content (AvgIpc) is 2.77. The van der Waals surface area contributed by atoms with Gasteiger partial charge in [0.25, 0.3) is 0 Å². The van der Waals surface area contributed by atoms with E-state index >= 15 is 0 Å². The van der Waals surface area contributed by atoms with Crippen molar-refractivity contribution in [3.8, 4) is 11.8 Å². The lowest BCUT2D eigenvalue weighted by Gasteiger charge is -2.38. The largest absolute Gasteiger partial charge is 0.369 e. The molecular formula is C25H23ClN2. The fourth-order valence-corrected chi connectivity index (χ4v) is 3.71. The summed E-state index contributed by atoms with van der Waals surface area (Å²) >= 11 is 6.11. The molecule has 3 aromatic rings. The normalized spacial score (nSPS) is 15.5. The summed E-state index contributed by atoms with van der Waals surface area (Å²) in [5, 5.41) is 0.757. The number of piperazine rings is 1. The molecule has 1 aliphatic rings. The molecular weight excluding hydrogens is 364 g/mol. The number of para-hydroxylation sites is 1. The summed E-state index contributed by atoms with van der Waals surface area (Å²) in [6.07, 6.45) is 0. The van der Waals surface area contributed by atoms with Crippen molar-refractivity contribution in [3.63, 3.8) is 0 Å². The van der Waals surface area contributed by atoms with E-state index in [0.29, 0.717) is 0 Å². The van der Waals surface area contributed by atoms with Crippen LogP contribution < -0.4 is 4.90 Å². The van der Waals surface area contributed by atoms with Gasteiger partial charge in [-0.2, -0.15) is 0 Å². The Kier molecular flexibility index (Phi) is 5.97. The Morgan fingerprint density at radius 3 is 1.96 bits per heavy atom. The van der Waals surface area contributed by atoms with Crippen molar-refractivity contribution in [2.75, 3.05) is 31.1 Å². The SMILES string of the molecule is Clc1ccc(C(C#Cc2ccccc2)N2CCN(c3ccccc3)CC2)cc1. The van der Waals surface area contributed by atoms with Gasteiger partial charge in [0.1, 0.15) is 0 Å². The van der Waals surface area contributed by atoms with Gasteiger partial charge in [0.05, 0.1) is 6.04 Å². The number of hydrogen-bond donors (Lipinski definition) is 0. The highest BCUT2D eigenvalue weighted by Gasteiger charge is 2.24. The molecule has 1 fully saturated rings. The molecule has 0 N–H and O–H groups in total. The monoisotopic (exact) mass is 386 g/mol. The van der Waals surface area contributed by atoms with Crippen molar-refractivity contribution >= 4 is 17.3 Å². The quantitative estimate of drug-likeness (QED) is 0.567. The zero-order valence-corrected chi connectivity index (χ0v) is 16.5. The molecule has 0 amide bonds. The number of halogens is 1. The minimum Gasteiger partial charge on any atom is -0.369 e. The topological polar surface area (TPSA) is 6.48 Å². The highest BCUT2D eigenvalue weighted by Crippen LogP contribution is 2.25. The summed E-state index contributed by atoms with van der Waals surface area (Å²) in [6.45, 7) is 3.96. The van der Waals surface area contributed by atoms with Gasteiger partial charge in [-0.15, -0.1) is 0 Å². The van der Waals surface area contributed by atoms with Crippen molar-refractivity contribution in [1.29, 1.82) is 0 Å². The van der Waals surface area contributed by atoms with E-state index in [2.05, 4.69) is 76.2 Å². The van der Waals surface area contributed by atoms with Gasteiger partial charge in [-0.3, -0.25) is 4.90 Å². The van der Waals surface area contributed by atoms with Gasteiger partial charge in [-0.25, -0.2) is 0 Å². The van der Waals surface area contributed by atoms with E-state index in [0.717, 1.165) is 36.8 Å². The van der Waals surface area contributed by atoms with E-state index in [1.165, 1.54) is 11.3 Å². The lowest BCUT2D eigenvalue weighted by Crippen LogP contribution is -2.47. The molecule has 3 heteroatoms. The van der Waals surface area contributed by atoms with Crippen LogP contribution in [0.4, 0.5) is 5.69 Å². The third-order valence-corrected chi connectivity index (χ3v) is 5.37. The molecule has 3 aromatic carbocycles. The van der Waals surface area contributed by atoms with Crippen LogP contribution >= 0.6 is 11.6 Å². The first-order chi connectivity index (χ1) is 13.8. The van der Waals surface area contributed by atoms with Crippen LogP contribution in [0.15, 0.2) is 84.9 Å². The van der Waals surface area contributed by atoms with Crippen molar-refractivity contribution < 1.29 is 0 Å². The van der Waals surface area contributed by atoms with Crippen LogP contribution in [-0.2, 0) is 0 Å². The molecule has 0 radical (unpaired) electrons. The van der Waals surface area contributed by atoms with Crippen LogP contribution in [0.3, 0.4) is 0 Å². The van der Waals surface area contributed by atoms with Gasteiger partial charge in [-0.1, -0.05) is 72.0 Å². The molecule has 1 saturated heterocycles. The maximum Gasteiger partial charge on any atom is 0.0975 e.